The van der Waals surface area contributed by atoms with Crippen LogP contribution < -0.4 is 15.0 Å². The highest BCUT2D eigenvalue weighted by Crippen LogP contribution is 2.36. The van der Waals surface area contributed by atoms with Crippen LogP contribution in [0.5, 0.6) is 5.75 Å². The summed E-state index contributed by atoms with van der Waals surface area (Å²) in [6.07, 6.45) is 0.719. The van der Waals surface area contributed by atoms with Crippen molar-refractivity contribution < 1.29 is 19.1 Å². The van der Waals surface area contributed by atoms with Crippen LogP contribution in [0.2, 0.25) is 0 Å². The molecule has 0 spiro atoms. The van der Waals surface area contributed by atoms with Crippen molar-refractivity contribution in [2.24, 2.45) is 0 Å². The van der Waals surface area contributed by atoms with Crippen molar-refractivity contribution in [3.05, 3.63) is 48.5 Å². The summed E-state index contributed by atoms with van der Waals surface area (Å²) in [5, 5.41) is 2.88. The number of rotatable bonds is 9. The second kappa shape index (κ2) is 9.18. The van der Waals surface area contributed by atoms with Crippen LogP contribution in [0.1, 0.15) is 25.8 Å². The van der Waals surface area contributed by atoms with Gasteiger partial charge in [0.1, 0.15) is 11.8 Å². The van der Waals surface area contributed by atoms with Gasteiger partial charge < -0.3 is 14.8 Å². The van der Waals surface area contributed by atoms with Crippen molar-refractivity contribution in [2.75, 3.05) is 37.1 Å². The molecule has 2 aromatic carbocycles. The predicted molar refractivity (Wildman–Crippen MR) is 118 cm³/mol. The monoisotopic (exact) mass is 422 g/mol. The van der Waals surface area contributed by atoms with E-state index in [4.69, 9.17) is 9.47 Å². The van der Waals surface area contributed by atoms with E-state index >= 15 is 0 Å². The van der Waals surface area contributed by atoms with E-state index in [1.54, 1.807) is 36.3 Å². The molecule has 1 atom stereocenters. The molecule has 4 rings (SSSR count). The molecule has 8 nitrogen and oxygen atoms in total. The summed E-state index contributed by atoms with van der Waals surface area (Å²) in [5.74, 6) is 0.977. The number of carbonyl (C=O) groups is 2. The van der Waals surface area contributed by atoms with Gasteiger partial charge in [0.2, 0.25) is 11.9 Å². The number of anilines is 2. The Kier molecular flexibility index (Phi) is 6.18. The van der Waals surface area contributed by atoms with E-state index < -0.39 is 6.04 Å². The highest BCUT2D eigenvalue weighted by atomic mass is 16.5. The van der Waals surface area contributed by atoms with Crippen molar-refractivity contribution in [2.45, 2.75) is 25.8 Å². The van der Waals surface area contributed by atoms with Crippen LogP contribution in [0.4, 0.5) is 11.6 Å². The normalized spacial score (nSPS) is 15.4. The number of ether oxygens (including phenoxy) is 2. The van der Waals surface area contributed by atoms with Gasteiger partial charge in [-0.3, -0.25) is 19.1 Å². The molecule has 1 aromatic heterocycles. The third kappa shape index (κ3) is 4.25. The predicted octanol–water partition coefficient (Wildman–Crippen LogP) is 3.39. The smallest absolute Gasteiger partial charge is 0.253 e. The fraction of sp³-hybridized carbons (Fsp3) is 0.348. The minimum atomic E-state index is -0.632. The van der Waals surface area contributed by atoms with Gasteiger partial charge in [-0.25, -0.2) is 4.98 Å². The average Bonchev–Trinajstić information content (AvgIpc) is 3.26. The first-order valence-corrected chi connectivity index (χ1v) is 10.4. The Morgan fingerprint density at radius 3 is 2.68 bits per heavy atom. The number of nitrogens with zero attached hydrogens (tertiary/aromatic N) is 3. The molecular weight excluding hydrogens is 396 g/mol. The van der Waals surface area contributed by atoms with Crippen LogP contribution in [0.25, 0.3) is 11.0 Å². The first-order valence-electron chi connectivity index (χ1n) is 10.4. The number of imidazole rings is 1. The molecule has 1 aliphatic rings. The number of hydrogen-bond donors (Lipinski definition) is 1. The summed E-state index contributed by atoms with van der Waals surface area (Å²) < 4.78 is 12.4. The van der Waals surface area contributed by atoms with Gasteiger partial charge >= 0.3 is 0 Å². The molecule has 0 aliphatic carbocycles. The van der Waals surface area contributed by atoms with Crippen molar-refractivity contribution >= 4 is 34.5 Å². The van der Waals surface area contributed by atoms with Gasteiger partial charge in [0.05, 0.1) is 24.1 Å². The Morgan fingerprint density at radius 2 is 1.94 bits per heavy atom. The van der Waals surface area contributed by atoms with Crippen LogP contribution in [0.15, 0.2) is 48.5 Å². The van der Waals surface area contributed by atoms with Crippen LogP contribution >= 0.6 is 0 Å². The van der Waals surface area contributed by atoms with Crippen molar-refractivity contribution in [1.29, 1.82) is 0 Å². The number of benzene rings is 2. The Morgan fingerprint density at radius 1 is 1.16 bits per heavy atom. The first-order chi connectivity index (χ1) is 15.1. The Hall–Kier alpha value is -3.39. The number of methoxy groups -OCH3 is 1. The zero-order valence-corrected chi connectivity index (χ0v) is 17.7. The second-order valence-electron chi connectivity index (χ2n) is 7.33. The third-order valence-electron chi connectivity index (χ3n) is 5.24. The topological polar surface area (TPSA) is 85.7 Å². The fourth-order valence-corrected chi connectivity index (χ4v) is 3.86. The molecular formula is C23H26N4O4. The molecule has 0 saturated heterocycles. The highest BCUT2D eigenvalue weighted by molar-refractivity contribution is 6.05. The van der Waals surface area contributed by atoms with E-state index in [0.29, 0.717) is 37.8 Å². The number of fused-ring (bicyclic) bond motifs is 3. The molecule has 0 unspecified atom stereocenters. The van der Waals surface area contributed by atoms with E-state index in [1.807, 2.05) is 35.8 Å². The summed E-state index contributed by atoms with van der Waals surface area (Å²) in [6, 6.07) is 14.2. The maximum atomic E-state index is 13.2. The number of amides is 2. The number of carbonyl (C=O) groups excluding carboxylic acids is 2. The number of aromatic nitrogens is 2. The SMILES string of the molecule is CCOc1ccc(NC(=O)C[C@@H]2C(=O)N(CCCOC)c3nc4ccccc4n32)cc1. The van der Waals surface area contributed by atoms with Gasteiger partial charge in [0.15, 0.2) is 0 Å². The van der Waals surface area contributed by atoms with Gasteiger partial charge in [-0.15, -0.1) is 0 Å². The summed E-state index contributed by atoms with van der Waals surface area (Å²) in [6.45, 7) is 3.54. The number of nitrogens with one attached hydrogen (secondary N) is 1. The minimum absolute atomic E-state index is 0.0280. The Bertz CT molecular complexity index is 1080. The highest BCUT2D eigenvalue weighted by Gasteiger charge is 2.40. The lowest BCUT2D eigenvalue weighted by Crippen LogP contribution is -2.32. The van der Waals surface area contributed by atoms with Gasteiger partial charge in [-0.2, -0.15) is 0 Å². The van der Waals surface area contributed by atoms with Crippen LogP contribution in [0.3, 0.4) is 0 Å². The Balaban J connectivity index is 1.54. The molecule has 2 heterocycles. The summed E-state index contributed by atoms with van der Waals surface area (Å²) in [5.41, 5.74) is 2.31. The van der Waals surface area contributed by atoms with Gasteiger partial charge in [-0.05, 0) is 49.7 Å². The van der Waals surface area contributed by atoms with Crippen LogP contribution in [-0.2, 0) is 14.3 Å². The summed E-state index contributed by atoms with van der Waals surface area (Å²) in [4.78, 5) is 32.3. The fourth-order valence-electron chi connectivity index (χ4n) is 3.86. The van der Waals surface area contributed by atoms with E-state index in [0.717, 1.165) is 16.8 Å². The largest absolute Gasteiger partial charge is 0.494 e. The van der Waals surface area contributed by atoms with E-state index in [1.165, 1.54) is 0 Å². The third-order valence-corrected chi connectivity index (χ3v) is 5.24. The van der Waals surface area contributed by atoms with Crippen molar-refractivity contribution in [3.8, 4) is 5.75 Å². The minimum Gasteiger partial charge on any atom is -0.494 e. The van der Waals surface area contributed by atoms with Gasteiger partial charge in [-0.1, -0.05) is 12.1 Å². The number of hydrogen-bond acceptors (Lipinski definition) is 5. The average molecular weight is 422 g/mol. The van der Waals surface area contributed by atoms with Crippen molar-refractivity contribution in [1.82, 2.24) is 9.55 Å². The standard InChI is InChI=1S/C23H26N4O4/c1-3-31-17-11-9-16(10-12-17)24-21(28)15-20-22(29)26(13-6-14-30-2)23-25-18-7-4-5-8-19(18)27(20)23/h4-5,7-12,20H,3,6,13-15H2,1-2H3,(H,24,28)/t20-/m1/s1. The quantitative estimate of drug-likeness (QED) is 0.534. The molecule has 162 valence electrons. The zero-order valence-electron chi connectivity index (χ0n) is 17.7. The van der Waals surface area contributed by atoms with Crippen molar-refractivity contribution in [3.63, 3.8) is 0 Å². The lowest BCUT2D eigenvalue weighted by molar-refractivity contribution is -0.124. The van der Waals surface area contributed by atoms with Gasteiger partial charge in [0.25, 0.3) is 5.91 Å². The molecule has 8 heteroatoms. The maximum Gasteiger partial charge on any atom is 0.253 e. The molecule has 1 aliphatic heterocycles. The Labute approximate surface area is 180 Å². The molecule has 31 heavy (non-hydrogen) atoms. The zero-order chi connectivity index (χ0) is 21.8. The molecule has 0 radical (unpaired) electrons. The van der Waals surface area contributed by atoms with Crippen LogP contribution in [0, 0.1) is 0 Å². The molecule has 1 N–H and O–H groups in total. The lowest BCUT2D eigenvalue weighted by Gasteiger charge is -2.15. The molecule has 2 amide bonds. The van der Waals surface area contributed by atoms with E-state index in [9.17, 15) is 9.59 Å². The molecule has 0 fully saturated rings. The summed E-state index contributed by atoms with van der Waals surface area (Å²) in [7, 11) is 1.63. The molecule has 3 aromatic rings. The molecule has 0 saturated carbocycles. The maximum absolute atomic E-state index is 13.2. The second-order valence-corrected chi connectivity index (χ2v) is 7.33. The number of para-hydroxylation sites is 2. The van der Waals surface area contributed by atoms with E-state index in [-0.39, 0.29) is 18.2 Å². The van der Waals surface area contributed by atoms with E-state index in [2.05, 4.69) is 10.3 Å². The lowest BCUT2D eigenvalue weighted by atomic mass is 10.1. The molecule has 0 bridgehead atoms. The first kappa shape index (κ1) is 20.9. The summed E-state index contributed by atoms with van der Waals surface area (Å²) >= 11 is 0. The van der Waals surface area contributed by atoms with Gasteiger partial charge in [0, 0.05) is 25.9 Å². The van der Waals surface area contributed by atoms with Crippen LogP contribution in [-0.4, -0.2) is 48.2 Å².